The highest BCUT2D eigenvalue weighted by Crippen LogP contribution is 2.28. The molecule has 3 aromatic carbocycles. The molecule has 0 atom stereocenters. The van der Waals surface area contributed by atoms with Crippen LogP contribution in [0.1, 0.15) is 10.4 Å². The Hall–Kier alpha value is -4.46. The lowest BCUT2D eigenvalue weighted by Crippen LogP contribution is -2.21. The van der Waals surface area contributed by atoms with Gasteiger partial charge < -0.3 is 21.2 Å². The van der Waals surface area contributed by atoms with Crippen molar-refractivity contribution in [3.8, 4) is 17.1 Å². The molecule has 0 aliphatic carbocycles. The number of aliphatic imine (C=N–C) groups is 1. The first kappa shape index (κ1) is 18.9. The molecule has 0 radical (unpaired) electrons. The predicted molar refractivity (Wildman–Crippen MR) is 115 cm³/mol. The molecule has 4 rings (SSSR count). The molecule has 1 heterocycles. The second-order valence-corrected chi connectivity index (χ2v) is 6.40. The summed E-state index contributed by atoms with van der Waals surface area (Å²) in [6, 6.07) is 20.2. The number of H-pyrrole nitrogens is 1. The summed E-state index contributed by atoms with van der Waals surface area (Å²) in [6.07, 6.45) is 0. The van der Waals surface area contributed by atoms with Crippen molar-refractivity contribution in [2.75, 3.05) is 0 Å². The second kappa shape index (κ2) is 7.88. The number of guanidine groups is 1. The van der Waals surface area contributed by atoms with E-state index in [2.05, 4.69) is 15.0 Å². The van der Waals surface area contributed by atoms with E-state index in [4.69, 9.17) is 16.2 Å². The number of rotatable bonds is 4. The van der Waals surface area contributed by atoms with Gasteiger partial charge in [0, 0.05) is 0 Å². The van der Waals surface area contributed by atoms with Crippen molar-refractivity contribution in [1.29, 1.82) is 0 Å². The number of nitrogens with one attached hydrogen (secondary N) is 1. The van der Waals surface area contributed by atoms with Crippen LogP contribution in [-0.4, -0.2) is 21.9 Å². The van der Waals surface area contributed by atoms with Gasteiger partial charge in [-0.1, -0.05) is 24.3 Å². The van der Waals surface area contributed by atoms with Crippen LogP contribution in [0.5, 0.6) is 5.75 Å². The molecule has 0 fully saturated rings. The summed E-state index contributed by atoms with van der Waals surface area (Å²) in [5.41, 5.74) is 12.3. The lowest BCUT2D eigenvalue weighted by Gasteiger charge is -2.10. The minimum Gasteiger partial charge on any atom is -0.422 e. The van der Waals surface area contributed by atoms with E-state index in [1.54, 1.807) is 72.8 Å². The molecule has 4 aromatic rings. The van der Waals surface area contributed by atoms with Crippen LogP contribution in [0.4, 0.5) is 5.69 Å². The molecule has 0 aliphatic heterocycles. The zero-order chi connectivity index (χ0) is 21.1. The number of esters is 1. The lowest BCUT2D eigenvalue weighted by atomic mass is 10.1. The third-order valence-electron chi connectivity index (χ3n) is 4.32. The molecule has 148 valence electrons. The number of fused-ring (bicyclic) bond motifs is 1. The molecular weight excluding hydrogens is 382 g/mol. The number of ether oxygens (including phenoxy) is 1. The molecule has 0 saturated heterocycles. The van der Waals surface area contributed by atoms with Crippen molar-refractivity contribution >= 4 is 28.5 Å². The van der Waals surface area contributed by atoms with Crippen LogP contribution >= 0.6 is 0 Å². The predicted octanol–water partition coefficient (Wildman–Crippen LogP) is 2.71. The van der Waals surface area contributed by atoms with E-state index >= 15 is 0 Å². The molecule has 8 nitrogen and oxygen atoms in total. The van der Waals surface area contributed by atoms with Crippen molar-refractivity contribution in [3.63, 3.8) is 0 Å². The number of carbonyl (C=O) groups excluding carboxylic acids is 1. The maximum absolute atomic E-state index is 12.6. The summed E-state index contributed by atoms with van der Waals surface area (Å²) in [5.74, 6) is -0.0580. The summed E-state index contributed by atoms with van der Waals surface area (Å²) < 4.78 is 5.57. The topological polar surface area (TPSA) is 136 Å². The minimum absolute atomic E-state index is 0.0730. The van der Waals surface area contributed by atoms with Crippen LogP contribution in [0.3, 0.4) is 0 Å². The van der Waals surface area contributed by atoms with E-state index in [0.29, 0.717) is 33.5 Å². The Morgan fingerprint density at radius 1 is 0.933 bits per heavy atom. The maximum atomic E-state index is 12.6. The number of benzene rings is 3. The van der Waals surface area contributed by atoms with Crippen molar-refractivity contribution in [3.05, 3.63) is 88.7 Å². The number of nitrogens with zero attached hydrogens (tertiary/aromatic N) is 2. The minimum atomic E-state index is -0.568. The first-order chi connectivity index (χ1) is 14.5. The number of aromatic nitrogens is 2. The number of nitrogens with two attached hydrogens (primary N) is 2. The Kier molecular flexibility index (Phi) is 4.96. The van der Waals surface area contributed by atoms with Gasteiger partial charge >= 0.3 is 5.97 Å². The summed E-state index contributed by atoms with van der Waals surface area (Å²) in [5, 5.41) is 0.483. The molecule has 5 N–H and O–H groups in total. The zero-order valence-corrected chi connectivity index (χ0v) is 15.7. The molecular formula is C22H17N5O3. The zero-order valence-electron chi connectivity index (χ0n) is 15.7. The van der Waals surface area contributed by atoms with Crippen LogP contribution in [0.2, 0.25) is 0 Å². The summed E-state index contributed by atoms with van der Waals surface area (Å²) in [6.45, 7) is 0. The van der Waals surface area contributed by atoms with E-state index in [9.17, 15) is 9.59 Å². The SMILES string of the molecule is NC(N)=Nc1ccc(C(=O)Oc2ccccc2-c2nc3ccccc3c(=O)[nH]2)cc1. The third-order valence-corrected chi connectivity index (χ3v) is 4.32. The smallest absolute Gasteiger partial charge is 0.343 e. The van der Waals surface area contributed by atoms with Crippen LogP contribution < -0.4 is 21.8 Å². The van der Waals surface area contributed by atoms with Gasteiger partial charge in [-0.3, -0.25) is 4.79 Å². The number of para-hydroxylation sites is 2. The number of aromatic amines is 1. The Balaban J connectivity index is 1.67. The van der Waals surface area contributed by atoms with Gasteiger partial charge in [0.2, 0.25) is 0 Å². The molecule has 0 spiro atoms. The Morgan fingerprint density at radius 3 is 2.40 bits per heavy atom. The largest absolute Gasteiger partial charge is 0.422 e. The molecule has 0 amide bonds. The number of carbonyl (C=O) groups is 1. The first-order valence-corrected chi connectivity index (χ1v) is 9.01. The fourth-order valence-corrected chi connectivity index (χ4v) is 2.95. The van der Waals surface area contributed by atoms with E-state index in [1.165, 1.54) is 0 Å². The van der Waals surface area contributed by atoms with Gasteiger partial charge in [-0.15, -0.1) is 0 Å². The van der Waals surface area contributed by atoms with Crippen molar-refractivity contribution in [2.45, 2.75) is 0 Å². The van der Waals surface area contributed by atoms with Gasteiger partial charge in [0.15, 0.2) is 5.96 Å². The first-order valence-electron chi connectivity index (χ1n) is 9.01. The van der Waals surface area contributed by atoms with Gasteiger partial charge in [0.05, 0.1) is 27.7 Å². The van der Waals surface area contributed by atoms with Gasteiger partial charge in [0.25, 0.3) is 5.56 Å². The van der Waals surface area contributed by atoms with Crippen molar-refractivity contribution < 1.29 is 9.53 Å². The monoisotopic (exact) mass is 399 g/mol. The Bertz CT molecular complexity index is 1320. The molecule has 8 heteroatoms. The van der Waals surface area contributed by atoms with E-state index in [1.807, 2.05) is 0 Å². The molecule has 0 unspecified atom stereocenters. The fourth-order valence-electron chi connectivity index (χ4n) is 2.95. The van der Waals surface area contributed by atoms with Crippen LogP contribution in [-0.2, 0) is 0 Å². The van der Waals surface area contributed by atoms with Crippen LogP contribution in [0.25, 0.3) is 22.3 Å². The quantitative estimate of drug-likeness (QED) is 0.209. The van der Waals surface area contributed by atoms with Crippen LogP contribution in [0.15, 0.2) is 82.6 Å². The molecule has 1 aromatic heterocycles. The molecule has 0 saturated carbocycles. The van der Waals surface area contributed by atoms with Gasteiger partial charge in [-0.2, -0.15) is 0 Å². The van der Waals surface area contributed by atoms with E-state index in [-0.39, 0.29) is 17.3 Å². The normalized spacial score (nSPS) is 10.5. The summed E-state index contributed by atoms with van der Waals surface area (Å²) in [7, 11) is 0. The highest BCUT2D eigenvalue weighted by atomic mass is 16.5. The Labute approximate surface area is 170 Å². The second-order valence-electron chi connectivity index (χ2n) is 6.40. The van der Waals surface area contributed by atoms with Gasteiger partial charge in [0.1, 0.15) is 11.6 Å². The maximum Gasteiger partial charge on any atom is 0.343 e. The van der Waals surface area contributed by atoms with Crippen molar-refractivity contribution in [1.82, 2.24) is 9.97 Å². The third kappa shape index (κ3) is 3.88. The summed E-state index contributed by atoms with van der Waals surface area (Å²) >= 11 is 0. The average molecular weight is 399 g/mol. The average Bonchev–Trinajstić information content (AvgIpc) is 2.74. The fraction of sp³-hybridized carbons (Fsp3) is 0. The summed E-state index contributed by atoms with van der Waals surface area (Å²) in [4.78, 5) is 36.2. The van der Waals surface area contributed by atoms with E-state index < -0.39 is 5.97 Å². The Morgan fingerprint density at radius 2 is 1.63 bits per heavy atom. The number of hydrogen-bond donors (Lipinski definition) is 3. The molecule has 0 bridgehead atoms. The standard InChI is InChI=1S/C22H17N5O3/c23-22(24)25-14-11-9-13(10-12-14)21(29)30-18-8-4-2-6-16(18)19-26-17-7-3-1-5-15(17)20(28)27-19/h1-12H,(H4,23,24,25)(H,26,27,28). The highest BCUT2D eigenvalue weighted by molar-refractivity contribution is 5.92. The number of hydrogen-bond acceptors (Lipinski definition) is 5. The van der Waals surface area contributed by atoms with Gasteiger partial charge in [-0.25, -0.2) is 14.8 Å². The van der Waals surface area contributed by atoms with Crippen molar-refractivity contribution in [2.24, 2.45) is 16.5 Å². The van der Waals surface area contributed by atoms with Gasteiger partial charge in [-0.05, 0) is 48.5 Å². The molecule has 0 aliphatic rings. The lowest BCUT2D eigenvalue weighted by molar-refractivity contribution is 0.0735. The van der Waals surface area contributed by atoms with E-state index in [0.717, 1.165) is 0 Å². The highest BCUT2D eigenvalue weighted by Gasteiger charge is 2.15. The van der Waals surface area contributed by atoms with Crippen LogP contribution in [0, 0.1) is 0 Å². The molecule has 30 heavy (non-hydrogen) atoms.